The van der Waals surface area contributed by atoms with Gasteiger partial charge in [-0.3, -0.25) is 0 Å². The molecule has 2 nitrogen and oxygen atoms in total. The van der Waals surface area contributed by atoms with E-state index in [2.05, 4.69) is 11.4 Å². The number of hydrogen-bond donors (Lipinski definition) is 1. The highest BCUT2D eigenvalue weighted by Gasteiger charge is 2.51. The van der Waals surface area contributed by atoms with Gasteiger partial charge in [0.25, 0.3) is 0 Å². The van der Waals surface area contributed by atoms with E-state index in [0.717, 1.165) is 65.3 Å². The van der Waals surface area contributed by atoms with Crippen molar-refractivity contribution in [2.45, 2.75) is 198 Å². The molecular formula is C42H69NO. The van der Waals surface area contributed by atoms with Gasteiger partial charge in [0.1, 0.15) is 0 Å². The van der Waals surface area contributed by atoms with Crippen molar-refractivity contribution in [1.29, 1.82) is 0 Å². The van der Waals surface area contributed by atoms with Crippen LogP contribution < -0.4 is 5.32 Å². The first kappa shape index (κ1) is 31.0. The molecule has 1 aliphatic heterocycles. The molecular weight excluding hydrogens is 534 g/mol. The maximum Gasteiger partial charge on any atom is 0.0641 e. The molecule has 44 heavy (non-hydrogen) atoms. The topological polar surface area (TPSA) is 21.3 Å². The van der Waals surface area contributed by atoms with E-state index in [0.29, 0.717) is 12.2 Å². The molecule has 0 radical (unpaired) electrons. The number of allylic oxidation sites excluding steroid dienone is 2. The Hall–Kier alpha value is -0.340. The molecule has 8 rings (SSSR count). The molecule has 7 fully saturated rings. The average molecular weight is 604 g/mol. The second-order valence-corrected chi connectivity index (χ2v) is 18.0. The normalized spacial score (nSPS) is 46.2. The molecule has 0 bridgehead atoms. The summed E-state index contributed by atoms with van der Waals surface area (Å²) in [6.45, 7) is 0. The smallest absolute Gasteiger partial charge is 0.0641 e. The van der Waals surface area contributed by atoms with Gasteiger partial charge in [-0.05, 0) is 143 Å². The molecule has 1 N–H and O–H groups in total. The number of nitrogens with one attached hydrogen (secondary N) is 1. The molecule has 1 saturated heterocycles. The molecule has 7 aliphatic carbocycles. The monoisotopic (exact) mass is 604 g/mol. The zero-order chi connectivity index (χ0) is 29.3. The fourth-order valence-electron chi connectivity index (χ4n) is 13.5. The summed E-state index contributed by atoms with van der Waals surface area (Å²) < 4.78 is 7.01. The van der Waals surface area contributed by atoms with Gasteiger partial charge in [-0.25, -0.2) is 0 Å². The Kier molecular flexibility index (Phi) is 10.1. The van der Waals surface area contributed by atoms with Crippen molar-refractivity contribution in [3.63, 3.8) is 0 Å². The van der Waals surface area contributed by atoms with Crippen LogP contribution in [0.25, 0.3) is 0 Å². The van der Waals surface area contributed by atoms with Crippen molar-refractivity contribution in [3.8, 4) is 0 Å². The van der Waals surface area contributed by atoms with Crippen molar-refractivity contribution in [1.82, 2.24) is 5.32 Å². The summed E-state index contributed by atoms with van der Waals surface area (Å²) in [7, 11) is 0. The summed E-state index contributed by atoms with van der Waals surface area (Å²) in [6, 6.07) is 1.65. The lowest BCUT2D eigenvalue weighted by molar-refractivity contribution is -0.0488. The maximum atomic E-state index is 7.01. The Labute approximate surface area is 272 Å². The molecule has 0 aromatic rings. The lowest BCUT2D eigenvalue weighted by Crippen LogP contribution is -2.49. The van der Waals surface area contributed by atoms with Gasteiger partial charge < -0.3 is 10.1 Å². The zero-order valence-corrected chi connectivity index (χ0v) is 28.6. The second kappa shape index (κ2) is 14.4. The van der Waals surface area contributed by atoms with E-state index in [1.165, 1.54) is 167 Å². The molecule has 6 saturated carbocycles. The van der Waals surface area contributed by atoms with Crippen LogP contribution >= 0.6 is 0 Å². The van der Waals surface area contributed by atoms with E-state index in [9.17, 15) is 0 Å². The Morgan fingerprint density at radius 1 is 0.500 bits per heavy atom. The molecule has 11 atom stereocenters. The van der Waals surface area contributed by atoms with E-state index >= 15 is 0 Å². The summed E-state index contributed by atoms with van der Waals surface area (Å²) in [5.74, 6) is 8.39. The highest BCUT2D eigenvalue weighted by molar-refractivity contribution is 5.15. The number of ether oxygens (including phenoxy) is 1. The first-order valence-electron chi connectivity index (χ1n) is 20.9. The number of hydrogen-bond acceptors (Lipinski definition) is 2. The van der Waals surface area contributed by atoms with E-state index in [4.69, 9.17) is 4.74 Å². The quantitative estimate of drug-likeness (QED) is 0.305. The van der Waals surface area contributed by atoms with Crippen LogP contribution in [0.5, 0.6) is 0 Å². The van der Waals surface area contributed by atoms with E-state index in [-0.39, 0.29) is 0 Å². The Bertz CT molecular complexity index is 945. The fourth-order valence-corrected chi connectivity index (χ4v) is 13.5. The van der Waals surface area contributed by atoms with Gasteiger partial charge in [0.05, 0.1) is 12.2 Å². The van der Waals surface area contributed by atoms with Crippen molar-refractivity contribution in [3.05, 3.63) is 11.6 Å². The summed E-state index contributed by atoms with van der Waals surface area (Å²) in [5.41, 5.74) is 1.94. The summed E-state index contributed by atoms with van der Waals surface area (Å²) in [6.07, 6.45) is 44.2. The van der Waals surface area contributed by atoms with Crippen LogP contribution in [0.4, 0.5) is 0 Å². The minimum atomic E-state index is 0.628. The van der Waals surface area contributed by atoms with Crippen LogP contribution in [0.3, 0.4) is 0 Å². The van der Waals surface area contributed by atoms with E-state index < -0.39 is 0 Å². The molecule has 11 unspecified atom stereocenters. The third-order valence-electron chi connectivity index (χ3n) is 15.7. The molecule has 1 heterocycles. The third-order valence-corrected chi connectivity index (χ3v) is 15.7. The highest BCUT2D eigenvalue weighted by atomic mass is 16.5. The predicted octanol–water partition coefficient (Wildman–Crippen LogP) is 11.2. The lowest BCUT2D eigenvalue weighted by atomic mass is 9.62. The Balaban J connectivity index is 0.927. The van der Waals surface area contributed by atoms with Crippen LogP contribution in [-0.4, -0.2) is 24.3 Å². The maximum absolute atomic E-state index is 7.01. The number of fused-ring (bicyclic) bond motifs is 3. The third kappa shape index (κ3) is 6.66. The fraction of sp³-hybridized carbons (Fsp3) is 0.952. The first-order chi connectivity index (χ1) is 21.8. The summed E-state index contributed by atoms with van der Waals surface area (Å²) in [4.78, 5) is 0. The average Bonchev–Trinajstić information content (AvgIpc) is 3.48. The van der Waals surface area contributed by atoms with Crippen LogP contribution in [0, 0.1) is 53.3 Å². The standard InChI is InChI=1S/C42H69NO/c1-3-12-29(13-4-1)39-28-33(24-25-40(39)43-35-18-5-2-6-19-35)31-15-9-14-30(26-31)32-16-10-17-34(27-32)36-21-11-22-38-37-20-7-8-23-41(37)44-42(36)38/h26,29,31-43H,1-25,27-28H2. The first-order valence-corrected chi connectivity index (χ1v) is 20.9. The molecule has 0 aromatic heterocycles. The van der Waals surface area contributed by atoms with Gasteiger partial charge in [-0.2, -0.15) is 0 Å². The number of rotatable bonds is 6. The summed E-state index contributed by atoms with van der Waals surface area (Å²) >= 11 is 0. The van der Waals surface area contributed by atoms with Crippen LogP contribution in [0.15, 0.2) is 11.6 Å². The zero-order valence-electron chi connectivity index (χ0n) is 28.6. The Morgan fingerprint density at radius 2 is 1.23 bits per heavy atom. The molecule has 0 amide bonds. The van der Waals surface area contributed by atoms with Gasteiger partial charge in [-0.1, -0.05) is 95.1 Å². The van der Waals surface area contributed by atoms with Crippen molar-refractivity contribution < 1.29 is 4.74 Å². The Morgan fingerprint density at radius 3 is 2.11 bits per heavy atom. The van der Waals surface area contributed by atoms with Gasteiger partial charge in [0.2, 0.25) is 0 Å². The van der Waals surface area contributed by atoms with Crippen LogP contribution in [0.2, 0.25) is 0 Å². The minimum absolute atomic E-state index is 0.628. The minimum Gasteiger partial charge on any atom is -0.374 e. The SMILES string of the molecule is C1=C(C2CCCC(C3CCCC4C5CCCCC5OC34)C2)CCCC1C1CCC(NC2CCCCC2)C(C2CCCCC2)C1. The van der Waals surface area contributed by atoms with Gasteiger partial charge in [0.15, 0.2) is 0 Å². The molecule has 8 aliphatic rings. The second-order valence-electron chi connectivity index (χ2n) is 18.0. The molecule has 2 heteroatoms. The molecule has 0 spiro atoms. The largest absolute Gasteiger partial charge is 0.374 e. The molecule has 248 valence electrons. The van der Waals surface area contributed by atoms with Crippen LogP contribution in [0.1, 0.15) is 173 Å². The van der Waals surface area contributed by atoms with Crippen molar-refractivity contribution >= 4 is 0 Å². The van der Waals surface area contributed by atoms with Gasteiger partial charge in [-0.15, -0.1) is 0 Å². The lowest BCUT2D eigenvalue weighted by Gasteiger charge is -2.46. The van der Waals surface area contributed by atoms with E-state index in [1.807, 2.05) is 5.57 Å². The summed E-state index contributed by atoms with van der Waals surface area (Å²) in [5, 5.41) is 4.33. The van der Waals surface area contributed by atoms with Crippen molar-refractivity contribution in [2.24, 2.45) is 53.3 Å². The van der Waals surface area contributed by atoms with Gasteiger partial charge in [0, 0.05) is 12.1 Å². The predicted molar refractivity (Wildman–Crippen MR) is 184 cm³/mol. The van der Waals surface area contributed by atoms with E-state index in [1.54, 1.807) is 6.42 Å². The molecule has 0 aromatic carbocycles. The highest BCUT2D eigenvalue weighted by Crippen LogP contribution is 2.54. The van der Waals surface area contributed by atoms with Gasteiger partial charge >= 0.3 is 0 Å². The van der Waals surface area contributed by atoms with Crippen LogP contribution in [-0.2, 0) is 4.74 Å². The van der Waals surface area contributed by atoms with Crippen molar-refractivity contribution in [2.75, 3.05) is 0 Å².